The Labute approximate surface area is 94.8 Å². The number of nitrogens with zero attached hydrogens (tertiary/aromatic N) is 2. The fourth-order valence-electron chi connectivity index (χ4n) is 0.745. The second kappa shape index (κ2) is 5.81. The third kappa shape index (κ3) is 3.65. The van der Waals surface area contributed by atoms with E-state index < -0.39 is 12.1 Å². The molecule has 1 rings (SSSR count). The lowest BCUT2D eigenvalue weighted by Gasteiger charge is -2.01. The van der Waals surface area contributed by atoms with E-state index in [2.05, 4.69) is 26.8 Å². The number of rotatable bonds is 5. The molecule has 0 bridgehead atoms. The normalized spacial score (nSPS) is 9.50. The zero-order valence-electron chi connectivity index (χ0n) is 8.17. The molecule has 7 nitrogen and oxygen atoms in total. The average molecular weight is 243 g/mol. The minimum atomic E-state index is -1.14. The zero-order chi connectivity index (χ0) is 12.0. The van der Waals surface area contributed by atoms with Crippen LogP contribution in [0.5, 0.6) is 0 Å². The van der Waals surface area contributed by atoms with Gasteiger partial charge >= 0.3 is 12.1 Å². The van der Waals surface area contributed by atoms with E-state index in [1.165, 1.54) is 6.08 Å². The third-order valence-corrected chi connectivity index (χ3v) is 2.28. The molecule has 0 aliphatic rings. The largest absolute Gasteiger partial charge is 0.476 e. The molecule has 0 fully saturated rings. The lowest BCUT2D eigenvalue weighted by molar-refractivity contribution is 0.0695. The van der Waals surface area contributed by atoms with Gasteiger partial charge in [0.1, 0.15) is 11.6 Å². The number of carbonyl (C=O) groups excluding carboxylic acids is 1. The van der Waals surface area contributed by atoms with E-state index in [1.54, 1.807) is 0 Å². The Balaban J connectivity index is 2.39. The highest BCUT2D eigenvalue weighted by Gasteiger charge is 2.11. The van der Waals surface area contributed by atoms with E-state index in [0.29, 0.717) is 5.01 Å². The third-order valence-electron chi connectivity index (χ3n) is 1.37. The Kier molecular flexibility index (Phi) is 4.40. The van der Waals surface area contributed by atoms with Crippen molar-refractivity contribution in [2.24, 2.45) is 0 Å². The Bertz CT molecular complexity index is 404. The lowest BCUT2D eigenvalue weighted by Crippen LogP contribution is -2.23. The Morgan fingerprint density at radius 2 is 2.31 bits per heavy atom. The number of carboxylic acids is 1. The standard InChI is InChI=1S/C8H9N3O4S/c1-2-3-15-8(14)9-4-5-10-11-6(16-5)7(12)13/h2H,1,3-4H2,(H,9,14)(H,12,13). The Hall–Kier alpha value is -1.96. The summed E-state index contributed by atoms with van der Waals surface area (Å²) in [5, 5.41) is 18.3. The topological polar surface area (TPSA) is 101 Å². The molecule has 86 valence electrons. The number of hydrogen-bond acceptors (Lipinski definition) is 6. The van der Waals surface area contributed by atoms with Crippen LogP contribution in [0.3, 0.4) is 0 Å². The molecule has 0 aliphatic carbocycles. The number of carbonyl (C=O) groups is 2. The summed E-state index contributed by atoms with van der Waals surface area (Å²) in [6, 6.07) is 0. The van der Waals surface area contributed by atoms with E-state index in [-0.39, 0.29) is 18.2 Å². The fourth-order valence-corrected chi connectivity index (χ4v) is 1.36. The molecule has 8 heteroatoms. The maximum Gasteiger partial charge on any atom is 0.407 e. The van der Waals surface area contributed by atoms with Crippen LogP contribution in [0, 0.1) is 0 Å². The summed E-state index contributed by atoms with van der Waals surface area (Å²) in [5.74, 6) is -1.14. The van der Waals surface area contributed by atoms with Crippen LogP contribution in [-0.4, -0.2) is 34.0 Å². The highest BCUT2D eigenvalue weighted by Crippen LogP contribution is 2.08. The second-order valence-corrected chi connectivity index (χ2v) is 3.61. The molecule has 0 unspecified atom stereocenters. The van der Waals surface area contributed by atoms with Gasteiger partial charge in [-0.2, -0.15) is 0 Å². The lowest BCUT2D eigenvalue weighted by atomic mass is 10.7. The van der Waals surface area contributed by atoms with Gasteiger partial charge in [0.15, 0.2) is 0 Å². The number of nitrogens with one attached hydrogen (secondary N) is 1. The van der Waals surface area contributed by atoms with Crippen LogP contribution in [0.2, 0.25) is 0 Å². The van der Waals surface area contributed by atoms with Gasteiger partial charge in [0, 0.05) is 0 Å². The molecular formula is C8H9N3O4S. The second-order valence-electron chi connectivity index (χ2n) is 2.55. The summed E-state index contributed by atoms with van der Waals surface area (Å²) in [6.07, 6.45) is 0.819. The predicted octanol–water partition coefficient (Wildman–Crippen LogP) is 0.648. The summed E-state index contributed by atoms with van der Waals surface area (Å²) in [6.45, 7) is 3.58. The highest BCUT2D eigenvalue weighted by atomic mass is 32.1. The first-order valence-electron chi connectivity index (χ1n) is 4.20. The van der Waals surface area contributed by atoms with Crippen LogP contribution < -0.4 is 5.32 Å². The highest BCUT2D eigenvalue weighted by molar-refractivity contribution is 7.13. The van der Waals surface area contributed by atoms with Crippen LogP contribution in [0.1, 0.15) is 14.8 Å². The summed E-state index contributed by atoms with van der Waals surface area (Å²) < 4.78 is 4.64. The molecular weight excluding hydrogens is 234 g/mol. The van der Waals surface area contributed by atoms with Gasteiger partial charge in [-0.25, -0.2) is 9.59 Å². The van der Waals surface area contributed by atoms with E-state index >= 15 is 0 Å². The van der Waals surface area contributed by atoms with Crippen molar-refractivity contribution < 1.29 is 19.4 Å². The van der Waals surface area contributed by atoms with E-state index in [1.807, 2.05) is 0 Å². The number of alkyl carbamates (subject to hydrolysis) is 1. The van der Waals surface area contributed by atoms with Crippen LogP contribution >= 0.6 is 11.3 Å². The molecule has 0 saturated heterocycles. The summed E-state index contributed by atoms with van der Waals surface area (Å²) in [4.78, 5) is 21.5. The van der Waals surface area contributed by atoms with Gasteiger partial charge < -0.3 is 15.2 Å². The van der Waals surface area contributed by atoms with Crippen LogP contribution in [-0.2, 0) is 11.3 Å². The van der Waals surface area contributed by atoms with Crippen molar-refractivity contribution in [3.8, 4) is 0 Å². The molecule has 0 aromatic carbocycles. The molecule has 0 spiro atoms. The molecule has 0 radical (unpaired) electrons. The SMILES string of the molecule is C=CCOC(=O)NCc1nnc(C(=O)O)s1. The first kappa shape index (κ1) is 12.1. The van der Waals surface area contributed by atoms with Crippen LogP contribution in [0.15, 0.2) is 12.7 Å². The van der Waals surface area contributed by atoms with E-state index in [9.17, 15) is 9.59 Å². The van der Waals surface area contributed by atoms with Crippen molar-refractivity contribution in [3.05, 3.63) is 22.7 Å². The maximum atomic E-state index is 11.0. The summed E-state index contributed by atoms with van der Waals surface area (Å²) >= 11 is 0.895. The summed E-state index contributed by atoms with van der Waals surface area (Å²) in [7, 11) is 0. The minimum Gasteiger partial charge on any atom is -0.476 e. The van der Waals surface area contributed by atoms with Crippen molar-refractivity contribution in [2.45, 2.75) is 6.54 Å². The van der Waals surface area contributed by atoms with Gasteiger partial charge in [-0.3, -0.25) is 0 Å². The van der Waals surface area contributed by atoms with Gasteiger partial charge in [-0.05, 0) is 0 Å². The minimum absolute atomic E-state index is 0.0842. The predicted molar refractivity (Wildman–Crippen MR) is 55.3 cm³/mol. The quantitative estimate of drug-likeness (QED) is 0.736. The Morgan fingerprint density at radius 1 is 1.56 bits per heavy atom. The molecule has 1 aromatic heterocycles. The Morgan fingerprint density at radius 3 is 2.88 bits per heavy atom. The van der Waals surface area contributed by atoms with E-state index in [0.717, 1.165) is 11.3 Å². The number of ether oxygens (including phenoxy) is 1. The monoisotopic (exact) mass is 243 g/mol. The molecule has 2 N–H and O–H groups in total. The van der Waals surface area contributed by atoms with Crippen molar-refractivity contribution in [2.75, 3.05) is 6.61 Å². The summed E-state index contributed by atoms with van der Waals surface area (Å²) in [5.41, 5.74) is 0. The maximum absolute atomic E-state index is 11.0. The van der Waals surface area contributed by atoms with Crippen molar-refractivity contribution >= 4 is 23.4 Å². The number of aromatic carboxylic acids is 1. The fraction of sp³-hybridized carbons (Fsp3) is 0.250. The number of aromatic nitrogens is 2. The van der Waals surface area contributed by atoms with Gasteiger partial charge in [-0.1, -0.05) is 24.0 Å². The molecule has 0 aliphatic heterocycles. The average Bonchev–Trinajstić information content (AvgIpc) is 2.72. The molecule has 1 heterocycles. The van der Waals surface area contributed by atoms with Gasteiger partial charge in [0.05, 0.1) is 6.54 Å². The van der Waals surface area contributed by atoms with Crippen molar-refractivity contribution in [3.63, 3.8) is 0 Å². The molecule has 1 aromatic rings. The smallest absolute Gasteiger partial charge is 0.407 e. The number of amides is 1. The van der Waals surface area contributed by atoms with Crippen molar-refractivity contribution in [1.29, 1.82) is 0 Å². The van der Waals surface area contributed by atoms with Crippen molar-refractivity contribution in [1.82, 2.24) is 15.5 Å². The first-order chi connectivity index (χ1) is 7.63. The van der Waals surface area contributed by atoms with Crippen LogP contribution in [0.25, 0.3) is 0 Å². The van der Waals surface area contributed by atoms with E-state index in [4.69, 9.17) is 5.11 Å². The molecule has 1 amide bonds. The molecule has 0 saturated carbocycles. The van der Waals surface area contributed by atoms with Gasteiger partial charge in [-0.15, -0.1) is 10.2 Å². The van der Waals surface area contributed by atoms with Gasteiger partial charge in [0.25, 0.3) is 0 Å². The number of hydrogen-bond donors (Lipinski definition) is 2. The van der Waals surface area contributed by atoms with Gasteiger partial charge in [0.2, 0.25) is 5.01 Å². The molecule has 16 heavy (non-hydrogen) atoms. The first-order valence-corrected chi connectivity index (χ1v) is 5.02. The zero-order valence-corrected chi connectivity index (χ0v) is 8.99. The van der Waals surface area contributed by atoms with Crippen LogP contribution in [0.4, 0.5) is 4.79 Å². The number of carboxylic acid groups (broad SMARTS) is 1. The molecule has 0 atom stereocenters.